The van der Waals surface area contributed by atoms with Crippen molar-refractivity contribution in [3.8, 4) is 12.0 Å². The van der Waals surface area contributed by atoms with Gasteiger partial charge in [0.25, 0.3) is 0 Å². The molecule has 1 aromatic heterocycles. The maximum Gasteiger partial charge on any atom is 0.324 e. The van der Waals surface area contributed by atoms with Crippen molar-refractivity contribution in [1.82, 2.24) is 15.0 Å². The molecule has 0 atom stereocenters. The maximum absolute atomic E-state index is 5.02. The Morgan fingerprint density at radius 1 is 0.889 bits per heavy atom. The fourth-order valence-corrected chi connectivity index (χ4v) is 2.27. The Morgan fingerprint density at radius 2 is 1.33 bits per heavy atom. The first-order chi connectivity index (χ1) is 8.32. The van der Waals surface area contributed by atoms with E-state index in [1.165, 1.54) is 14.2 Å². The van der Waals surface area contributed by atoms with E-state index in [0.29, 0.717) is 12.0 Å². The number of hydrogen-bond acceptors (Lipinski definition) is 6. The van der Waals surface area contributed by atoms with Crippen LogP contribution in [0.4, 0.5) is 5.95 Å². The quantitative estimate of drug-likeness (QED) is 0.880. The standard InChI is InChI=1S/C12H20N4O2/c1-11(2)7(12(11,3)4)13-8-14-9(17-5)16-10(15-8)18-6/h7H,1-6H3,(H,13,14,15,16). The predicted octanol–water partition coefficient (Wildman–Crippen LogP) is 1.74. The van der Waals surface area contributed by atoms with E-state index >= 15 is 0 Å². The van der Waals surface area contributed by atoms with Crippen LogP contribution in [0.2, 0.25) is 0 Å². The molecule has 0 aliphatic heterocycles. The molecule has 1 aromatic rings. The third-order valence-electron chi connectivity index (χ3n) is 4.25. The molecule has 18 heavy (non-hydrogen) atoms. The molecule has 1 aliphatic rings. The van der Waals surface area contributed by atoms with Crippen LogP contribution in [-0.4, -0.2) is 35.2 Å². The molecule has 0 bridgehead atoms. The van der Waals surface area contributed by atoms with Gasteiger partial charge in [0.05, 0.1) is 14.2 Å². The second-order valence-corrected chi connectivity index (χ2v) is 5.65. The first-order valence-electron chi connectivity index (χ1n) is 5.93. The van der Waals surface area contributed by atoms with Gasteiger partial charge in [-0.3, -0.25) is 0 Å². The number of ether oxygens (including phenoxy) is 2. The van der Waals surface area contributed by atoms with Gasteiger partial charge in [0.15, 0.2) is 0 Å². The van der Waals surface area contributed by atoms with Gasteiger partial charge in [-0.1, -0.05) is 27.7 Å². The molecule has 0 amide bonds. The predicted molar refractivity (Wildman–Crippen MR) is 67.9 cm³/mol. The van der Waals surface area contributed by atoms with Gasteiger partial charge in [-0.25, -0.2) is 0 Å². The Morgan fingerprint density at radius 3 is 1.67 bits per heavy atom. The van der Waals surface area contributed by atoms with Crippen LogP contribution in [-0.2, 0) is 0 Å². The molecular weight excluding hydrogens is 232 g/mol. The molecule has 2 rings (SSSR count). The second-order valence-electron chi connectivity index (χ2n) is 5.65. The van der Waals surface area contributed by atoms with E-state index in [4.69, 9.17) is 9.47 Å². The molecule has 0 radical (unpaired) electrons. The van der Waals surface area contributed by atoms with Crippen molar-refractivity contribution in [2.24, 2.45) is 10.8 Å². The van der Waals surface area contributed by atoms with Gasteiger partial charge in [-0.05, 0) is 10.8 Å². The summed E-state index contributed by atoms with van der Waals surface area (Å²) in [5, 5.41) is 3.32. The Hall–Kier alpha value is -1.59. The van der Waals surface area contributed by atoms with Crippen molar-refractivity contribution in [1.29, 1.82) is 0 Å². The van der Waals surface area contributed by atoms with E-state index in [0.717, 1.165) is 0 Å². The van der Waals surface area contributed by atoms with Crippen molar-refractivity contribution in [3.63, 3.8) is 0 Å². The van der Waals surface area contributed by atoms with E-state index in [2.05, 4.69) is 48.0 Å². The molecule has 1 aliphatic carbocycles. The normalized spacial score (nSPS) is 20.3. The Kier molecular flexibility index (Phi) is 2.83. The lowest BCUT2D eigenvalue weighted by molar-refractivity contribution is 0.341. The summed E-state index contributed by atoms with van der Waals surface area (Å²) in [6, 6.07) is 0.822. The number of hydrogen-bond donors (Lipinski definition) is 1. The average molecular weight is 252 g/mol. The molecule has 0 saturated heterocycles. The number of methoxy groups -OCH3 is 2. The first kappa shape index (κ1) is 12.9. The second kappa shape index (κ2) is 3.96. The number of aromatic nitrogens is 3. The minimum Gasteiger partial charge on any atom is -0.467 e. The van der Waals surface area contributed by atoms with Gasteiger partial charge in [0, 0.05) is 6.04 Å². The Labute approximate surface area is 107 Å². The van der Waals surface area contributed by atoms with Crippen LogP contribution in [0, 0.1) is 10.8 Å². The molecule has 1 fully saturated rings. The van der Waals surface area contributed by atoms with Crippen LogP contribution in [0.15, 0.2) is 0 Å². The van der Waals surface area contributed by atoms with Gasteiger partial charge in [-0.2, -0.15) is 9.97 Å². The highest BCUT2D eigenvalue weighted by molar-refractivity contribution is 5.37. The van der Waals surface area contributed by atoms with Gasteiger partial charge >= 0.3 is 12.0 Å². The topological polar surface area (TPSA) is 69.2 Å². The van der Waals surface area contributed by atoms with E-state index in [1.807, 2.05) is 0 Å². The van der Waals surface area contributed by atoms with Crippen LogP contribution in [0.5, 0.6) is 12.0 Å². The number of rotatable bonds is 4. The van der Waals surface area contributed by atoms with Crippen molar-refractivity contribution < 1.29 is 9.47 Å². The third kappa shape index (κ3) is 1.85. The molecule has 100 valence electrons. The fraction of sp³-hybridized carbons (Fsp3) is 0.750. The molecule has 0 spiro atoms. The number of nitrogens with one attached hydrogen (secondary N) is 1. The average Bonchev–Trinajstić information content (AvgIpc) is 2.71. The van der Waals surface area contributed by atoms with Gasteiger partial charge in [-0.15, -0.1) is 4.98 Å². The van der Waals surface area contributed by atoms with Crippen molar-refractivity contribution in [3.05, 3.63) is 0 Å². The van der Waals surface area contributed by atoms with Gasteiger partial charge in [0.1, 0.15) is 0 Å². The summed E-state index contributed by atoms with van der Waals surface area (Å²) in [6.07, 6.45) is 0. The van der Waals surface area contributed by atoms with Crippen LogP contribution in [0.1, 0.15) is 27.7 Å². The van der Waals surface area contributed by atoms with Gasteiger partial charge < -0.3 is 14.8 Å². The summed E-state index contributed by atoms with van der Waals surface area (Å²) < 4.78 is 10.0. The van der Waals surface area contributed by atoms with Crippen molar-refractivity contribution >= 4 is 5.95 Å². The van der Waals surface area contributed by atoms with Gasteiger partial charge in [0.2, 0.25) is 5.95 Å². The summed E-state index contributed by atoms with van der Waals surface area (Å²) in [7, 11) is 3.03. The minimum atomic E-state index is 0.208. The molecular formula is C12H20N4O2. The van der Waals surface area contributed by atoms with Crippen molar-refractivity contribution in [2.45, 2.75) is 33.7 Å². The Bertz CT molecular complexity index is 423. The van der Waals surface area contributed by atoms with Crippen LogP contribution in [0.3, 0.4) is 0 Å². The zero-order valence-corrected chi connectivity index (χ0v) is 11.7. The summed E-state index contributed by atoms with van der Waals surface area (Å²) in [4.78, 5) is 12.3. The largest absolute Gasteiger partial charge is 0.467 e. The highest BCUT2D eigenvalue weighted by Crippen LogP contribution is 2.63. The lowest BCUT2D eigenvalue weighted by atomic mass is 10.0. The SMILES string of the molecule is COc1nc(NC2C(C)(C)C2(C)C)nc(OC)n1. The molecule has 6 nitrogen and oxygen atoms in total. The summed E-state index contributed by atoms with van der Waals surface area (Å²) in [6.45, 7) is 8.89. The molecule has 0 unspecified atom stereocenters. The van der Waals surface area contributed by atoms with Crippen LogP contribution >= 0.6 is 0 Å². The van der Waals surface area contributed by atoms with Crippen LogP contribution in [0.25, 0.3) is 0 Å². The van der Waals surface area contributed by atoms with Crippen LogP contribution < -0.4 is 14.8 Å². The molecule has 0 aromatic carbocycles. The highest BCUT2D eigenvalue weighted by atomic mass is 16.5. The monoisotopic (exact) mass is 252 g/mol. The zero-order valence-electron chi connectivity index (χ0n) is 11.7. The van der Waals surface area contributed by atoms with E-state index < -0.39 is 0 Å². The first-order valence-corrected chi connectivity index (χ1v) is 5.93. The molecule has 1 heterocycles. The lowest BCUT2D eigenvalue weighted by Gasteiger charge is -2.08. The smallest absolute Gasteiger partial charge is 0.324 e. The van der Waals surface area contributed by atoms with Crippen molar-refractivity contribution in [2.75, 3.05) is 19.5 Å². The number of nitrogens with zero attached hydrogens (tertiary/aromatic N) is 3. The zero-order chi connectivity index (χ0) is 13.6. The third-order valence-corrected chi connectivity index (χ3v) is 4.25. The lowest BCUT2D eigenvalue weighted by Crippen LogP contribution is -2.14. The molecule has 1 N–H and O–H groups in total. The minimum absolute atomic E-state index is 0.208. The molecule has 1 saturated carbocycles. The maximum atomic E-state index is 5.02. The fourth-order valence-electron chi connectivity index (χ4n) is 2.27. The highest BCUT2D eigenvalue weighted by Gasteiger charge is 2.65. The van der Waals surface area contributed by atoms with E-state index in [9.17, 15) is 0 Å². The van der Waals surface area contributed by atoms with E-state index in [1.54, 1.807) is 0 Å². The van der Waals surface area contributed by atoms with E-state index in [-0.39, 0.29) is 22.9 Å². The number of anilines is 1. The summed E-state index contributed by atoms with van der Waals surface area (Å²) in [5.74, 6) is 0.488. The Balaban J connectivity index is 2.20. The summed E-state index contributed by atoms with van der Waals surface area (Å²) in [5.41, 5.74) is 0.417. The molecule has 6 heteroatoms. The summed E-state index contributed by atoms with van der Waals surface area (Å²) >= 11 is 0.